The Labute approximate surface area is 162 Å². The summed E-state index contributed by atoms with van der Waals surface area (Å²) in [5.74, 6) is -1.16. The zero-order valence-corrected chi connectivity index (χ0v) is 15.3. The number of nitro benzene ring substituents is 1. The van der Waals surface area contributed by atoms with Crippen molar-refractivity contribution in [2.75, 3.05) is 0 Å². The van der Waals surface area contributed by atoms with Gasteiger partial charge in [-0.3, -0.25) is 35.9 Å². The van der Waals surface area contributed by atoms with Crippen LogP contribution in [0.5, 0.6) is 0 Å². The highest BCUT2D eigenvalue weighted by molar-refractivity contribution is 7.80. The van der Waals surface area contributed by atoms with Gasteiger partial charge in [-0.1, -0.05) is 17.7 Å². The molecule has 0 aliphatic rings. The van der Waals surface area contributed by atoms with Crippen molar-refractivity contribution in [2.45, 2.75) is 0 Å². The first kappa shape index (κ1) is 19.5. The molecule has 134 valence electrons. The first-order chi connectivity index (χ1) is 12.4. The molecule has 0 spiro atoms. The van der Waals surface area contributed by atoms with E-state index in [-0.39, 0.29) is 15.7 Å². The van der Waals surface area contributed by atoms with Crippen molar-refractivity contribution in [3.05, 3.63) is 67.4 Å². The Bertz CT molecular complexity index is 884. The van der Waals surface area contributed by atoms with E-state index in [0.29, 0.717) is 0 Å². The number of rotatable bonds is 4. The molecule has 0 saturated carbocycles. The van der Waals surface area contributed by atoms with Crippen molar-refractivity contribution >= 4 is 63.8 Å². The van der Waals surface area contributed by atoms with Crippen molar-refractivity contribution in [3.63, 3.8) is 0 Å². The van der Waals surface area contributed by atoms with Gasteiger partial charge >= 0.3 is 0 Å². The van der Waals surface area contributed by atoms with Crippen LogP contribution in [0.1, 0.15) is 15.2 Å². The maximum atomic E-state index is 12.0. The molecule has 1 heterocycles. The standard InChI is InChI=1S/C15H11ClN4O4S2/c16-11-5-3-9(8-12(11)20(23)24)14(22)18-19-15(25)17-13(21)6-4-10-2-1-7-26-10/h1-8H,(H,18,22)(H2,17,19,21,25)/b6-4+. The van der Waals surface area contributed by atoms with Crippen molar-refractivity contribution in [2.24, 2.45) is 0 Å². The second-order valence-corrected chi connectivity index (χ2v) is 6.46. The highest BCUT2D eigenvalue weighted by Crippen LogP contribution is 2.24. The molecule has 0 fully saturated rings. The Balaban J connectivity index is 1.87. The number of nitrogens with zero attached hydrogens (tertiary/aromatic N) is 1. The molecule has 2 rings (SSSR count). The van der Waals surface area contributed by atoms with Crippen LogP contribution in [-0.2, 0) is 4.79 Å². The maximum Gasteiger partial charge on any atom is 0.288 e. The van der Waals surface area contributed by atoms with Gasteiger partial charge in [0.05, 0.1) is 4.92 Å². The number of amides is 2. The van der Waals surface area contributed by atoms with Crippen molar-refractivity contribution in [1.29, 1.82) is 0 Å². The van der Waals surface area contributed by atoms with Crippen molar-refractivity contribution in [1.82, 2.24) is 16.2 Å². The smallest absolute Gasteiger partial charge is 0.288 e. The Morgan fingerprint density at radius 1 is 1.27 bits per heavy atom. The van der Waals surface area contributed by atoms with Gasteiger partial charge in [0.2, 0.25) is 5.91 Å². The molecule has 26 heavy (non-hydrogen) atoms. The average molecular weight is 411 g/mol. The monoisotopic (exact) mass is 410 g/mol. The van der Waals surface area contributed by atoms with Gasteiger partial charge in [-0.2, -0.15) is 0 Å². The second kappa shape index (κ2) is 9.04. The number of nitrogens with one attached hydrogen (secondary N) is 3. The fourth-order valence-electron chi connectivity index (χ4n) is 1.71. The van der Waals surface area contributed by atoms with Gasteiger partial charge in [-0.05, 0) is 41.9 Å². The molecule has 0 aliphatic heterocycles. The second-order valence-electron chi connectivity index (χ2n) is 4.67. The fourth-order valence-corrected chi connectivity index (χ4v) is 2.66. The molecule has 2 aromatic rings. The Morgan fingerprint density at radius 2 is 2.04 bits per heavy atom. The summed E-state index contributed by atoms with van der Waals surface area (Å²) in [5.41, 5.74) is 4.17. The summed E-state index contributed by atoms with van der Waals surface area (Å²) in [5, 5.41) is 14.8. The van der Waals surface area contributed by atoms with E-state index in [1.54, 1.807) is 6.08 Å². The van der Waals surface area contributed by atoms with Gasteiger partial charge in [0.15, 0.2) is 5.11 Å². The van der Waals surface area contributed by atoms with Crippen molar-refractivity contribution < 1.29 is 14.5 Å². The van der Waals surface area contributed by atoms with E-state index < -0.39 is 22.4 Å². The third-order valence-corrected chi connectivity index (χ3v) is 4.23. The summed E-state index contributed by atoms with van der Waals surface area (Å²) in [6.45, 7) is 0. The molecule has 0 bridgehead atoms. The van der Waals surface area contributed by atoms with E-state index in [2.05, 4.69) is 16.2 Å². The minimum Gasteiger partial charge on any atom is -0.298 e. The number of carbonyl (C=O) groups excluding carboxylic acids is 2. The van der Waals surface area contributed by atoms with E-state index in [1.807, 2.05) is 17.5 Å². The predicted molar refractivity (Wildman–Crippen MR) is 103 cm³/mol. The van der Waals surface area contributed by atoms with Crippen LogP contribution in [0.25, 0.3) is 6.08 Å². The lowest BCUT2D eigenvalue weighted by Crippen LogP contribution is -2.48. The maximum absolute atomic E-state index is 12.0. The molecule has 0 radical (unpaired) electrons. The summed E-state index contributed by atoms with van der Waals surface area (Å²) >= 11 is 12.0. The number of thiophene rings is 1. The topological polar surface area (TPSA) is 113 Å². The van der Waals surface area contributed by atoms with Crippen LogP contribution in [0, 0.1) is 10.1 Å². The summed E-state index contributed by atoms with van der Waals surface area (Å²) < 4.78 is 0. The normalized spacial score (nSPS) is 10.3. The molecule has 0 saturated heterocycles. The lowest BCUT2D eigenvalue weighted by Gasteiger charge is -2.09. The zero-order chi connectivity index (χ0) is 19.1. The number of nitro groups is 1. The van der Waals surface area contributed by atoms with Gasteiger partial charge in [-0.15, -0.1) is 11.3 Å². The SMILES string of the molecule is O=C(/C=C/c1cccs1)NC(=S)NNC(=O)c1ccc(Cl)c([N+](=O)[O-])c1. The minimum atomic E-state index is -0.697. The number of hydrazine groups is 1. The van der Waals surface area contributed by atoms with Crippen LogP contribution in [0.4, 0.5) is 5.69 Å². The van der Waals surface area contributed by atoms with Crippen LogP contribution < -0.4 is 16.2 Å². The van der Waals surface area contributed by atoms with E-state index >= 15 is 0 Å². The third-order valence-electron chi connectivity index (χ3n) is 2.87. The molecule has 3 N–H and O–H groups in total. The third kappa shape index (κ3) is 5.62. The Hall–Kier alpha value is -2.82. The lowest BCUT2D eigenvalue weighted by molar-refractivity contribution is -0.384. The van der Waals surface area contributed by atoms with Crippen LogP contribution in [0.3, 0.4) is 0 Å². The minimum absolute atomic E-state index is 0.000294. The summed E-state index contributed by atoms with van der Waals surface area (Å²) in [6, 6.07) is 7.29. The van der Waals surface area contributed by atoms with Gasteiger partial charge in [0.25, 0.3) is 11.6 Å². The molecular formula is C15H11ClN4O4S2. The zero-order valence-electron chi connectivity index (χ0n) is 12.9. The van der Waals surface area contributed by atoms with Crippen molar-refractivity contribution in [3.8, 4) is 0 Å². The number of hydrogen-bond acceptors (Lipinski definition) is 6. The number of thiocarbonyl (C=S) groups is 1. The molecule has 1 aromatic carbocycles. The van der Waals surface area contributed by atoms with Crippen LogP contribution in [-0.4, -0.2) is 21.9 Å². The van der Waals surface area contributed by atoms with Crippen LogP contribution in [0.15, 0.2) is 41.8 Å². The number of carbonyl (C=O) groups is 2. The molecule has 2 amide bonds. The van der Waals surface area contributed by atoms with E-state index in [4.69, 9.17) is 23.8 Å². The van der Waals surface area contributed by atoms with Gasteiger partial charge < -0.3 is 0 Å². The van der Waals surface area contributed by atoms with Crippen LogP contribution in [0.2, 0.25) is 5.02 Å². The fraction of sp³-hybridized carbons (Fsp3) is 0. The van der Waals surface area contributed by atoms with E-state index in [0.717, 1.165) is 10.9 Å². The first-order valence-corrected chi connectivity index (χ1v) is 8.60. The largest absolute Gasteiger partial charge is 0.298 e. The average Bonchev–Trinajstić information content (AvgIpc) is 3.11. The molecule has 0 unspecified atom stereocenters. The predicted octanol–water partition coefficient (Wildman–Crippen LogP) is 2.66. The molecule has 11 heteroatoms. The highest BCUT2D eigenvalue weighted by Gasteiger charge is 2.16. The van der Waals surface area contributed by atoms with Gasteiger partial charge in [0.1, 0.15) is 5.02 Å². The summed E-state index contributed by atoms with van der Waals surface area (Å²) in [4.78, 5) is 34.7. The molecular weight excluding hydrogens is 400 g/mol. The molecule has 1 aromatic heterocycles. The Morgan fingerprint density at radius 3 is 2.69 bits per heavy atom. The molecule has 0 aliphatic carbocycles. The number of benzene rings is 1. The molecule has 0 atom stereocenters. The first-order valence-electron chi connectivity index (χ1n) is 6.93. The highest BCUT2D eigenvalue weighted by atomic mass is 35.5. The van der Waals surface area contributed by atoms with E-state index in [9.17, 15) is 19.7 Å². The van der Waals surface area contributed by atoms with Gasteiger partial charge in [0, 0.05) is 22.6 Å². The summed E-state index contributed by atoms with van der Waals surface area (Å²) in [7, 11) is 0. The molecule has 8 nitrogen and oxygen atoms in total. The van der Waals surface area contributed by atoms with Crippen LogP contribution >= 0.6 is 35.2 Å². The number of halogens is 1. The summed E-state index contributed by atoms with van der Waals surface area (Å²) in [6.07, 6.45) is 2.91. The number of hydrogen-bond donors (Lipinski definition) is 3. The Kier molecular flexibility index (Phi) is 6.78. The van der Waals surface area contributed by atoms with E-state index in [1.165, 1.54) is 29.5 Å². The van der Waals surface area contributed by atoms with Gasteiger partial charge in [-0.25, -0.2) is 0 Å². The quantitative estimate of drug-likeness (QED) is 0.309. The lowest BCUT2D eigenvalue weighted by atomic mass is 10.2.